The Morgan fingerprint density at radius 2 is 1.30 bits per heavy atom. The van der Waals surface area contributed by atoms with Crippen LogP contribution in [0.25, 0.3) is 0 Å². The third-order valence-electron chi connectivity index (χ3n) is 2.77. The van der Waals surface area contributed by atoms with Gasteiger partial charge in [-0.3, -0.25) is 0 Å². The van der Waals surface area contributed by atoms with E-state index in [0.29, 0.717) is 16.5 Å². The van der Waals surface area contributed by atoms with Crippen LogP contribution in [-0.2, 0) is 0 Å². The molecule has 2 aliphatic rings. The number of halogens is 1. The lowest BCUT2D eigenvalue weighted by atomic mass is 10.4. The molecule has 1 aromatic heterocycles. The molecule has 2 aliphatic heterocycles. The molecule has 5 nitrogen and oxygen atoms in total. The summed E-state index contributed by atoms with van der Waals surface area (Å²) in [6.45, 7) is 3.72. The van der Waals surface area contributed by atoms with Gasteiger partial charge in [0.15, 0.2) is 23.3 Å². The third-order valence-corrected chi connectivity index (χ3v) is 2.77. The van der Waals surface area contributed by atoms with Crippen molar-refractivity contribution >= 4 is 34.7 Å². The predicted molar refractivity (Wildman–Crippen MR) is 79.6 cm³/mol. The summed E-state index contributed by atoms with van der Waals surface area (Å²) in [5.74, 6) is 1.27. The van der Waals surface area contributed by atoms with Gasteiger partial charge in [-0.05, 0) is 50.3 Å². The molecule has 0 atom stereocenters. The number of nitrogens with zero attached hydrogens (tertiary/aromatic N) is 5. The minimum atomic E-state index is 0.158. The van der Waals surface area contributed by atoms with Crippen molar-refractivity contribution in [2.75, 3.05) is 0 Å². The van der Waals surface area contributed by atoms with Gasteiger partial charge < -0.3 is 0 Å². The zero-order valence-corrected chi connectivity index (χ0v) is 11.1. The highest BCUT2D eigenvalue weighted by atomic mass is 19.2. The molecule has 0 saturated heterocycles. The molecule has 3 heterocycles. The summed E-state index contributed by atoms with van der Waals surface area (Å²) in [4.78, 5) is 17.0. The van der Waals surface area contributed by atoms with E-state index < -0.39 is 0 Å². The first-order valence-corrected chi connectivity index (χ1v) is 6.14. The van der Waals surface area contributed by atoms with E-state index in [9.17, 15) is 4.48 Å². The quantitative estimate of drug-likeness (QED) is 0.790. The van der Waals surface area contributed by atoms with Crippen LogP contribution in [0.5, 0.6) is 0 Å². The first-order chi connectivity index (χ1) is 9.61. The Morgan fingerprint density at radius 3 is 1.65 bits per heavy atom. The van der Waals surface area contributed by atoms with Gasteiger partial charge in [0.1, 0.15) is 0 Å². The summed E-state index contributed by atoms with van der Waals surface area (Å²) in [5.41, 5.74) is 1.70. The average Bonchev–Trinajstić information content (AvgIpc) is 3.08. The second-order valence-corrected chi connectivity index (χ2v) is 4.44. The monoisotopic (exact) mass is 269 g/mol. The molecule has 0 unspecified atom stereocenters. The van der Waals surface area contributed by atoms with Gasteiger partial charge in [-0.1, -0.05) is 4.48 Å². The first kappa shape index (κ1) is 12.4. The van der Waals surface area contributed by atoms with Crippen LogP contribution in [0.15, 0.2) is 56.4 Å². The molecule has 0 spiro atoms. The van der Waals surface area contributed by atoms with E-state index in [2.05, 4.69) is 20.0 Å². The third kappa shape index (κ3) is 2.40. The molecule has 3 rings (SSSR count). The average molecular weight is 269 g/mol. The fourth-order valence-electron chi connectivity index (χ4n) is 1.82. The van der Waals surface area contributed by atoms with Crippen LogP contribution in [0, 0.1) is 0 Å². The molecular weight excluding hydrogens is 257 g/mol. The van der Waals surface area contributed by atoms with Gasteiger partial charge >= 0.3 is 0 Å². The van der Waals surface area contributed by atoms with Crippen LogP contribution < -0.4 is 0 Å². The van der Waals surface area contributed by atoms with Crippen molar-refractivity contribution < 1.29 is 4.48 Å². The van der Waals surface area contributed by atoms with Crippen molar-refractivity contribution in [3.05, 3.63) is 36.4 Å². The molecule has 0 amide bonds. The first-order valence-electron chi connectivity index (χ1n) is 6.14. The number of rotatable bonds is 2. The molecule has 0 fully saturated rings. The molecule has 0 radical (unpaired) electrons. The minimum absolute atomic E-state index is 0.158. The molecule has 0 bridgehead atoms. The van der Waals surface area contributed by atoms with Crippen LogP contribution in [-0.4, -0.2) is 27.9 Å². The van der Waals surface area contributed by atoms with Crippen molar-refractivity contribution in [2.45, 2.75) is 13.8 Å². The fraction of sp³-hybridized carbons (Fsp3) is 0.143. The Bertz CT molecular complexity index is 682. The van der Waals surface area contributed by atoms with Crippen LogP contribution >= 0.6 is 0 Å². The van der Waals surface area contributed by atoms with E-state index in [4.69, 9.17) is 0 Å². The lowest BCUT2D eigenvalue weighted by molar-refractivity contribution is 0.381. The van der Waals surface area contributed by atoms with Gasteiger partial charge in [-0.15, -0.1) is 4.79 Å². The number of hydrogen-bond acceptors (Lipinski definition) is 2. The van der Waals surface area contributed by atoms with Gasteiger partial charge in [-0.2, -0.15) is 0 Å². The highest BCUT2D eigenvalue weighted by molar-refractivity contribution is 6.15. The van der Waals surface area contributed by atoms with Crippen LogP contribution in [0.2, 0.25) is 0 Å². The van der Waals surface area contributed by atoms with E-state index >= 15 is 0 Å². The summed E-state index contributed by atoms with van der Waals surface area (Å²) in [5, 5.41) is 0. The van der Waals surface area contributed by atoms with Crippen molar-refractivity contribution in [1.29, 1.82) is 0 Å². The zero-order chi connectivity index (χ0) is 14.1. The molecule has 0 aromatic carbocycles. The van der Waals surface area contributed by atoms with E-state index in [1.54, 1.807) is 24.3 Å². The SMILES string of the molecule is CC1=N/C(=N\c2ccc(/N=C3/C=CC(C)=N3)n2F)C=C1. The van der Waals surface area contributed by atoms with Crippen LogP contribution in [0.4, 0.5) is 16.1 Å². The van der Waals surface area contributed by atoms with Crippen LogP contribution in [0.3, 0.4) is 0 Å². The maximum Gasteiger partial charge on any atom is 0.167 e. The summed E-state index contributed by atoms with van der Waals surface area (Å²) in [6.07, 6.45) is 7.13. The number of amidine groups is 2. The second kappa shape index (κ2) is 4.80. The molecule has 20 heavy (non-hydrogen) atoms. The van der Waals surface area contributed by atoms with E-state index in [1.807, 2.05) is 26.0 Å². The van der Waals surface area contributed by atoms with E-state index in [-0.39, 0.29) is 11.6 Å². The number of hydrogen-bond donors (Lipinski definition) is 0. The summed E-state index contributed by atoms with van der Waals surface area (Å²) < 4.78 is 14.1. The molecule has 0 saturated carbocycles. The van der Waals surface area contributed by atoms with Gasteiger partial charge in [0.25, 0.3) is 0 Å². The number of aromatic nitrogens is 1. The fourth-order valence-corrected chi connectivity index (χ4v) is 1.82. The van der Waals surface area contributed by atoms with Gasteiger partial charge in [0, 0.05) is 11.4 Å². The standard InChI is InChI=1S/C14H12FN5/c1-9-3-5-11(16-9)18-13-7-8-14(20(13)15)19-12-6-4-10(2)17-12/h3-8H,1-2H3/b18-11-,19-12-. The molecule has 100 valence electrons. The summed E-state index contributed by atoms with van der Waals surface area (Å²) in [7, 11) is 0. The highest BCUT2D eigenvalue weighted by Gasteiger charge is 2.10. The maximum atomic E-state index is 14.1. The lowest BCUT2D eigenvalue weighted by Crippen LogP contribution is -1.89. The zero-order valence-electron chi connectivity index (χ0n) is 11.1. The molecule has 0 N–H and O–H groups in total. The maximum absolute atomic E-state index is 14.1. The predicted octanol–water partition coefficient (Wildman–Crippen LogP) is 3.34. The van der Waals surface area contributed by atoms with Crippen molar-refractivity contribution in [2.24, 2.45) is 20.0 Å². The minimum Gasteiger partial charge on any atom is -0.234 e. The summed E-state index contributed by atoms with van der Waals surface area (Å²) >= 11 is 0. The number of aliphatic imine (C=N–C) groups is 4. The van der Waals surface area contributed by atoms with Gasteiger partial charge in [-0.25, -0.2) is 20.0 Å². The highest BCUT2D eigenvalue weighted by Crippen LogP contribution is 2.25. The molecule has 0 aliphatic carbocycles. The molecular formula is C14H12FN5. The van der Waals surface area contributed by atoms with Crippen molar-refractivity contribution in [1.82, 2.24) is 4.79 Å². The Morgan fingerprint density at radius 1 is 0.850 bits per heavy atom. The Kier molecular flexibility index (Phi) is 2.98. The van der Waals surface area contributed by atoms with Gasteiger partial charge in [0.05, 0.1) is 0 Å². The Balaban J connectivity index is 1.91. The van der Waals surface area contributed by atoms with Crippen LogP contribution in [0.1, 0.15) is 13.8 Å². The Hall–Kier alpha value is -2.63. The smallest absolute Gasteiger partial charge is 0.167 e. The van der Waals surface area contributed by atoms with Gasteiger partial charge in [0.2, 0.25) is 0 Å². The Labute approximate surface area is 115 Å². The van der Waals surface area contributed by atoms with E-state index in [1.165, 1.54) is 0 Å². The lowest BCUT2D eigenvalue weighted by Gasteiger charge is -1.96. The van der Waals surface area contributed by atoms with Crippen molar-refractivity contribution in [3.8, 4) is 0 Å². The van der Waals surface area contributed by atoms with E-state index in [0.717, 1.165) is 11.4 Å². The summed E-state index contributed by atoms with van der Waals surface area (Å²) in [6, 6.07) is 3.11. The molecule has 6 heteroatoms. The largest absolute Gasteiger partial charge is 0.234 e. The molecule has 1 aromatic rings. The second-order valence-electron chi connectivity index (χ2n) is 4.44. The topological polar surface area (TPSA) is 54.4 Å². The normalized spacial score (nSPS) is 21.1. The number of allylic oxidation sites excluding steroid dienone is 2. The van der Waals surface area contributed by atoms with Crippen molar-refractivity contribution in [3.63, 3.8) is 0 Å².